The Morgan fingerprint density at radius 1 is 1.29 bits per heavy atom. The van der Waals surface area contributed by atoms with Gasteiger partial charge in [0.15, 0.2) is 0 Å². The Bertz CT molecular complexity index is 504. The van der Waals surface area contributed by atoms with Gasteiger partial charge < -0.3 is 20.1 Å². The Morgan fingerprint density at radius 2 is 1.96 bits per heavy atom. The second-order valence-corrected chi connectivity index (χ2v) is 6.64. The van der Waals surface area contributed by atoms with Gasteiger partial charge >= 0.3 is 0 Å². The topological polar surface area (TPSA) is 61.8 Å². The highest BCUT2D eigenvalue weighted by molar-refractivity contribution is 5.95. The number of nitrogens with zero attached hydrogens (tertiary/aromatic N) is 1. The first-order valence-corrected chi connectivity index (χ1v) is 8.92. The zero-order chi connectivity index (χ0) is 17.4. The maximum absolute atomic E-state index is 12.6. The molecule has 0 atom stereocenters. The number of nitrogens with one attached hydrogen (secondary N) is 1. The Labute approximate surface area is 145 Å². The van der Waals surface area contributed by atoms with E-state index in [1.165, 1.54) is 6.42 Å². The number of anilines is 1. The molecule has 1 saturated heterocycles. The normalized spacial score (nSPS) is 16.6. The van der Waals surface area contributed by atoms with Crippen LogP contribution in [0.1, 0.15) is 49.4 Å². The van der Waals surface area contributed by atoms with E-state index >= 15 is 0 Å². The fourth-order valence-electron chi connectivity index (χ4n) is 3.12. The molecule has 134 valence electrons. The predicted molar refractivity (Wildman–Crippen MR) is 96.6 cm³/mol. The van der Waals surface area contributed by atoms with E-state index in [2.05, 4.69) is 24.2 Å². The average molecular weight is 334 g/mol. The highest BCUT2D eigenvalue weighted by Crippen LogP contribution is 2.25. The molecule has 1 aliphatic heterocycles. The van der Waals surface area contributed by atoms with Gasteiger partial charge in [0, 0.05) is 50.2 Å². The fraction of sp³-hybridized carbons (Fsp3) is 0.632. The van der Waals surface area contributed by atoms with Crippen molar-refractivity contribution in [2.24, 2.45) is 0 Å². The van der Waals surface area contributed by atoms with Gasteiger partial charge in [-0.15, -0.1) is 0 Å². The van der Waals surface area contributed by atoms with Gasteiger partial charge in [0.25, 0.3) is 5.91 Å². The molecule has 24 heavy (non-hydrogen) atoms. The zero-order valence-corrected chi connectivity index (χ0v) is 14.9. The van der Waals surface area contributed by atoms with Gasteiger partial charge in [-0.05, 0) is 49.9 Å². The monoisotopic (exact) mass is 334 g/mol. The molecule has 2 N–H and O–H groups in total. The third-order valence-electron chi connectivity index (χ3n) is 4.84. The van der Waals surface area contributed by atoms with Crippen LogP contribution in [0.3, 0.4) is 0 Å². The molecule has 0 spiro atoms. The summed E-state index contributed by atoms with van der Waals surface area (Å²) in [5.41, 5.74) is 1.43. The number of unbranched alkanes of at least 4 members (excludes halogenated alkanes) is 1. The number of rotatable bonds is 8. The molecule has 0 unspecified atom stereocenters. The van der Waals surface area contributed by atoms with Crippen LogP contribution in [0.5, 0.6) is 0 Å². The molecule has 0 aliphatic carbocycles. The van der Waals surface area contributed by atoms with E-state index in [9.17, 15) is 9.90 Å². The lowest BCUT2D eigenvalue weighted by atomic mass is 9.86. The van der Waals surface area contributed by atoms with Crippen molar-refractivity contribution in [3.05, 3.63) is 29.8 Å². The molecule has 1 heterocycles. The molecule has 0 aromatic heterocycles. The summed E-state index contributed by atoms with van der Waals surface area (Å²) in [5.74, 6) is -0.0758. The number of benzene rings is 1. The highest BCUT2D eigenvalue weighted by atomic mass is 16.5. The highest BCUT2D eigenvalue weighted by Gasteiger charge is 2.33. The van der Waals surface area contributed by atoms with E-state index in [1.807, 2.05) is 24.3 Å². The van der Waals surface area contributed by atoms with Crippen LogP contribution >= 0.6 is 0 Å². The van der Waals surface area contributed by atoms with Crippen molar-refractivity contribution in [3.63, 3.8) is 0 Å². The number of hydrogen-bond acceptors (Lipinski definition) is 4. The van der Waals surface area contributed by atoms with Crippen LogP contribution in [0.15, 0.2) is 24.3 Å². The van der Waals surface area contributed by atoms with Gasteiger partial charge in [0.1, 0.15) is 0 Å². The molecular weight excluding hydrogens is 304 g/mol. The van der Waals surface area contributed by atoms with Crippen LogP contribution < -0.4 is 10.2 Å². The van der Waals surface area contributed by atoms with Crippen molar-refractivity contribution in [1.29, 1.82) is 0 Å². The molecule has 1 aliphatic rings. The quantitative estimate of drug-likeness (QED) is 0.767. The maximum atomic E-state index is 12.6. The van der Waals surface area contributed by atoms with Crippen LogP contribution in [0, 0.1) is 0 Å². The second kappa shape index (κ2) is 9.04. The molecule has 5 heteroatoms. The number of hydrogen-bond donors (Lipinski definition) is 2. The van der Waals surface area contributed by atoms with Crippen molar-refractivity contribution in [1.82, 2.24) is 5.32 Å². The summed E-state index contributed by atoms with van der Waals surface area (Å²) < 4.78 is 5.39. The van der Waals surface area contributed by atoms with Crippen LogP contribution in [0.4, 0.5) is 5.69 Å². The molecule has 5 nitrogen and oxygen atoms in total. The standard InChI is InChI=1S/C19H30N2O3/c1-3-4-12-21(2)17-7-5-16(6-8-17)18(23)20-19(9-13-22)10-14-24-15-11-19/h5-8,22H,3-4,9-15H2,1-2H3,(H,20,23). The summed E-state index contributed by atoms with van der Waals surface area (Å²) in [5, 5.41) is 12.5. The van der Waals surface area contributed by atoms with Gasteiger partial charge in [-0.1, -0.05) is 13.3 Å². The molecule has 1 aromatic rings. The maximum Gasteiger partial charge on any atom is 0.251 e. The van der Waals surface area contributed by atoms with E-state index in [4.69, 9.17) is 4.74 Å². The van der Waals surface area contributed by atoms with E-state index in [0.717, 1.165) is 31.5 Å². The lowest BCUT2D eigenvalue weighted by molar-refractivity contribution is 0.0267. The van der Waals surface area contributed by atoms with Gasteiger partial charge in [0.05, 0.1) is 0 Å². The van der Waals surface area contributed by atoms with E-state index in [0.29, 0.717) is 25.2 Å². The van der Waals surface area contributed by atoms with Crippen LogP contribution in [0.2, 0.25) is 0 Å². The number of carbonyl (C=O) groups excluding carboxylic acids is 1. The average Bonchev–Trinajstić information content (AvgIpc) is 2.60. The first-order chi connectivity index (χ1) is 11.6. The molecule has 1 amide bonds. The van der Waals surface area contributed by atoms with E-state index in [-0.39, 0.29) is 18.1 Å². The largest absolute Gasteiger partial charge is 0.396 e. The Balaban J connectivity index is 2.01. The summed E-state index contributed by atoms with van der Waals surface area (Å²) in [6.45, 7) is 4.52. The van der Waals surface area contributed by atoms with Crippen molar-refractivity contribution in [2.45, 2.75) is 44.6 Å². The van der Waals surface area contributed by atoms with Crippen LogP contribution in [-0.4, -0.2) is 50.0 Å². The summed E-state index contributed by atoms with van der Waals surface area (Å²) in [7, 11) is 2.07. The first-order valence-electron chi connectivity index (χ1n) is 8.92. The molecule has 0 saturated carbocycles. The molecule has 0 bridgehead atoms. The number of aliphatic hydroxyl groups is 1. The predicted octanol–water partition coefficient (Wildman–Crippen LogP) is 2.58. The molecule has 1 fully saturated rings. The minimum Gasteiger partial charge on any atom is -0.396 e. The Kier molecular flexibility index (Phi) is 7.06. The summed E-state index contributed by atoms with van der Waals surface area (Å²) in [6, 6.07) is 7.73. The van der Waals surface area contributed by atoms with Crippen molar-refractivity contribution in [2.75, 3.05) is 38.3 Å². The van der Waals surface area contributed by atoms with Gasteiger partial charge in [-0.25, -0.2) is 0 Å². The van der Waals surface area contributed by atoms with Gasteiger partial charge in [-0.2, -0.15) is 0 Å². The van der Waals surface area contributed by atoms with Gasteiger partial charge in [0.2, 0.25) is 0 Å². The zero-order valence-electron chi connectivity index (χ0n) is 14.9. The second-order valence-electron chi connectivity index (χ2n) is 6.64. The Hall–Kier alpha value is -1.59. The number of amides is 1. The lowest BCUT2D eigenvalue weighted by Gasteiger charge is -2.37. The van der Waals surface area contributed by atoms with Crippen LogP contribution in [0.25, 0.3) is 0 Å². The molecule has 2 rings (SSSR count). The van der Waals surface area contributed by atoms with Crippen molar-refractivity contribution >= 4 is 11.6 Å². The lowest BCUT2D eigenvalue weighted by Crippen LogP contribution is -2.52. The number of aliphatic hydroxyl groups excluding tert-OH is 1. The van der Waals surface area contributed by atoms with E-state index in [1.54, 1.807) is 0 Å². The minimum absolute atomic E-state index is 0.0709. The number of ether oxygens (including phenoxy) is 1. The van der Waals surface area contributed by atoms with Crippen LogP contribution in [-0.2, 0) is 4.74 Å². The van der Waals surface area contributed by atoms with Crippen molar-refractivity contribution < 1.29 is 14.6 Å². The van der Waals surface area contributed by atoms with E-state index < -0.39 is 0 Å². The summed E-state index contributed by atoms with van der Waals surface area (Å²) in [4.78, 5) is 14.8. The van der Waals surface area contributed by atoms with Gasteiger partial charge in [-0.3, -0.25) is 4.79 Å². The minimum atomic E-state index is -0.347. The molecule has 0 radical (unpaired) electrons. The summed E-state index contributed by atoms with van der Waals surface area (Å²) >= 11 is 0. The Morgan fingerprint density at radius 3 is 2.54 bits per heavy atom. The third kappa shape index (κ3) is 4.95. The summed E-state index contributed by atoms with van der Waals surface area (Å²) in [6.07, 6.45) is 4.39. The molecular formula is C19H30N2O3. The smallest absolute Gasteiger partial charge is 0.251 e. The molecule has 1 aromatic carbocycles. The fourth-order valence-corrected chi connectivity index (χ4v) is 3.12. The number of carbonyl (C=O) groups is 1. The first kappa shape index (κ1) is 18.7. The van der Waals surface area contributed by atoms with Crippen molar-refractivity contribution in [3.8, 4) is 0 Å². The SMILES string of the molecule is CCCCN(C)c1ccc(C(=O)NC2(CCO)CCOCC2)cc1. The third-order valence-corrected chi connectivity index (χ3v) is 4.84.